The van der Waals surface area contributed by atoms with Gasteiger partial charge >= 0.3 is 0 Å². The van der Waals surface area contributed by atoms with Crippen LogP contribution in [0.25, 0.3) is 5.78 Å². The maximum Gasteiger partial charge on any atom is 0.254 e. The number of hydrogen-bond acceptors (Lipinski definition) is 7. The van der Waals surface area contributed by atoms with Gasteiger partial charge in [-0.05, 0) is 17.7 Å². The summed E-state index contributed by atoms with van der Waals surface area (Å²) in [5, 5.41) is 7.69. The molecule has 0 saturated carbocycles. The average Bonchev–Trinajstić information content (AvgIpc) is 3.18. The Labute approximate surface area is 162 Å². The molecule has 0 bridgehead atoms. The highest BCUT2D eigenvalue weighted by Crippen LogP contribution is 2.24. The van der Waals surface area contributed by atoms with Gasteiger partial charge in [0, 0.05) is 32.8 Å². The highest BCUT2D eigenvalue weighted by Gasteiger charge is 2.23. The molecule has 4 rings (SSSR count). The van der Waals surface area contributed by atoms with Gasteiger partial charge in [0.1, 0.15) is 18.0 Å². The molecule has 1 fully saturated rings. The molecule has 1 atom stereocenters. The molecule has 0 radical (unpaired) electrons. The highest BCUT2D eigenvalue weighted by molar-refractivity contribution is 5.45. The number of anilines is 1. The number of morpholine rings is 1. The van der Waals surface area contributed by atoms with Crippen molar-refractivity contribution >= 4 is 11.6 Å². The molecule has 1 N–H and O–H groups in total. The molecule has 8 nitrogen and oxygen atoms in total. The van der Waals surface area contributed by atoms with Crippen LogP contribution < -0.4 is 5.32 Å². The number of benzene rings is 1. The summed E-state index contributed by atoms with van der Waals surface area (Å²) in [5.74, 6) is 1.04. The van der Waals surface area contributed by atoms with Crippen LogP contribution in [-0.2, 0) is 16.1 Å². The predicted molar refractivity (Wildman–Crippen MR) is 102 cm³/mol. The largest absolute Gasteiger partial charge is 0.379 e. The van der Waals surface area contributed by atoms with E-state index in [4.69, 9.17) is 9.47 Å². The topological polar surface area (TPSA) is 76.8 Å². The number of nitrogens with one attached hydrogen (secondary N) is 1. The van der Waals surface area contributed by atoms with E-state index < -0.39 is 0 Å². The van der Waals surface area contributed by atoms with Gasteiger partial charge in [0.15, 0.2) is 0 Å². The summed E-state index contributed by atoms with van der Waals surface area (Å²) in [6, 6.07) is 8.65. The Bertz CT molecular complexity index is 928. The van der Waals surface area contributed by atoms with Crippen molar-refractivity contribution in [3.05, 3.63) is 53.7 Å². The third kappa shape index (κ3) is 4.11. The molecular weight excluding hydrogens is 363 g/mol. The summed E-state index contributed by atoms with van der Waals surface area (Å²) >= 11 is 0. The van der Waals surface area contributed by atoms with Gasteiger partial charge in [-0.1, -0.05) is 12.1 Å². The second-order valence-electron chi connectivity index (χ2n) is 6.64. The van der Waals surface area contributed by atoms with E-state index in [1.54, 1.807) is 23.8 Å². The maximum absolute atomic E-state index is 13.9. The van der Waals surface area contributed by atoms with Crippen LogP contribution in [0.3, 0.4) is 0 Å². The molecule has 0 aliphatic carbocycles. The summed E-state index contributed by atoms with van der Waals surface area (Å²) in [6.45, 7) is 3.90. The van der Waals surface area contributed by atoms with Gasteiger partial charge in [-0.25, -0.2) is 9.37 Å². The van der Waals surface area contributed by atoms with E-state index in [0.717, 1.165) is 30.2 Å². The van der Waals surface area contributed by atoms with Gasteiger partial charge in [0.25, 0.3) is 5.78 Å². The van der Waals surface area contributed by atoms with Gasteiger partial charge in [-0.15, -0.1) is 0 Å². The van der Waals surface area contributed by atoms with Gasteiger partial charge in [0.2, 0.25) is 0 Å². The number of nitrogens with zero attached hydrogens (tertiary/aromatic N) is 5. The SMILES string of the molecule is COCc1cc(NCC(c2cccc(F)c2)N2CCOCC2)n2ncnc2n1. The molecular formula is C19H23FN6O2. The van der Waals surface area contributed by atoms with E-state index in [2.05, 4.69) is 25.3 Å². The van der Waals surface area contributed by atoms with Crippen LogP contribution in [0.1, 0.15) is 17.3 Å². The van der Waals surface area contributed by atoms with E-state index in [9.17, 15) is 4.39 Å². The molecule has 9 heteroatoms. The number of methoxy groups -OCH3 is 1. The van der Waals surface area contributed by atoms with Gasteiger partial charge < -0.3 is 14.8 Å². The van der Waals surface area contributed by atoms with Gasteiger partial charge in [-0.2, -0.15) is 14.6 Å². The molecule has 1 aliphatic heterocycles. The zero-order chi connectivity index (χ0) is 19.3. The smallest absolute Gasteiger partial charge is 0.254 e. The predicted octanol–water partition coefficient (Wildman–Crippen LogP) is 1.90. The van der Waals surface area contributed by atoms with Crippen LogP contribution in [0.2, 0.25) is 0 Å². The maximum atomic E-state index is 13.9. The van der Waals surface area contributed by atoms with E-state index in [1.165, 1.54) is 12.4 Å². The Hall–Kier alpha value is -2.62. The molecule has 148 valence electrons. The molecule has 1 aliphatic rings. The molecule has 0 amide bonds. The van der Waals surface area contributed by atoms with Crippen molar-refractivity contribution in [2.24, 2.45) is 0 Å². The summed E-state index contributed by atoms with van der Waals surface area (Å²) in [7, 11) is 1.63. The number of rotatable bonds is 7. The van der Waals surface area contributed by atoms with Crippen LogP contribution >= 0.6 is 0 Å². The summed E-state index contributed by atoms with van der Waals surface area (Å²) in [5.41, 5.74) is 1.69. The first-order chi connectivity index (χ1) is 13.7. The van der Waals surface area contributed by atoms with E-state index in [1.807, 2.05) is 12.1 Å². The lowest BCUT2D eigenvalue weighted by Gasteiger charge is -2.35. The Morgan fingerprint density at radius 2 is 2.14 bits per heavy atom. The molecule has 1 aromatic carbocycles. The molecule has 0 spiro atoms. The monoisotopic (exact) mass is 386 g/mol. The molecule has 3 heterocycles. The first kappa shape index (κ1) is 18.7. The van der Waals surface area contributed by atoms with Crippen molar-refractivity contribution in [2.75, 3.05) is 45.3 Å². The Balaban J connectivity index is 1.60. The van der Waals surface area contributed by atoms with Crippen molar-refractivity contribution in [1.29, 1.82) is 0 Å². The van der Waals surface area contributed by atoms with Crippen LogP contribution in [0.15, 0.2) is 36.7 Å². The Morgan fingerprint density at radius 1 is 1.29 bits per heavy atom. The lowest BCUT2D eigenvalue weighted by molar-refractivity contribution is 0.0186. The molecule has 28 heavy (non-hydrogen) atoms. The fourth-order valence-electron chi connectivity index (χ4n) is 3.47. The van der Waals surface area contributed by atoms with Crippen molar-refractivity contribution in [1.82, 2.24) is 24.5 Å². The van der Waals surface area contributed by atoms with Crippen molar-refractivity contribution in [3.63, 3.8) is 0 Å². The molecule has 3 aromatic rings. The van der Waals surface area contributed by atoms with Crippen molar-refractivity contribution in [3.8, 4) is 0 Å². The van der Waals surface area contributed by atoms with Crippen molar-refractivity contribution in [2.45, 2.75) is 12.6 Å². The second-order valence-corrected chi connectivity index (χ2v) is 6.64. The molecule has 2 aromatic heterocycles. The molecule has 1 unspecified atom stereocenters. The number of hydrogen-bond donors (Lipinski definition) is 1. The van der Waals surface area contributed by atoms with E-state index in [-0.39, 0.29) is 11.9 Å². The average molecular weight is 386 g/mol. The fraction of sp³-hybridized carbons (Fsp3) is 0.421. The Kier molecular flexibility index (Phi) is 5.75. The zero-order valence-electron chi connectivity index (χ0n) is 15.7. The van der Waals surface area contributed by atoms with Crippen LogP contribution in [0.4, 0.5) is 10.2 Å². The van der Waals surface area contributed by atoms with Crippen LogP contribution in [-0.4, -0.2) is 64.4 Å². The number of ether oxygens (including phenoxy) is 2. The zero-order valence-corrected chi connectivity index (χ0v) is 15.7. The lowest BCUT2D eigenvalue weighted by atomic mass is 10.0. The minimum absolute atomic E-state index is 0.00258. The lowest BCUT2D eigenvalue weighted by Crippen LogP contribution is -2.41. The highest BCUT2D eigenvalue weighted by atomic mass is 19.1. The van der Waals surface area contributed by atoms with Crippen LogP contribution in [0, 0.1) is 5.82 Å². The summed E-state index contributed by atoms with van der Waals surface area (Å²) in [4.78, 5) is 10.9. The summed E-state index contributed by atoms with van der Waals surface area (Å²) in [6.07, 6.45) is 1.47. The van der Waals surface area contributed by atoms with E-state index in [0.29, 0.717) is 32.1 Å². The normalized spacial score (nSPS) is 16.4. The van der Waals surface area contributed by atoms with Crippen molar-refractivity contribution < 1.29 is 13.9 Å². The number of aromatic nitrogens is 4. The Morgan fingerprint density at radius 3 is 2.93 bits per heavy atom. The number of fused-ring (bicyclic) bond motifs is 1. The van der Waals surface area contributed by atoms with Gasteiger partial charge in [-0.3, -0.25) is 4.90 Å². The fourth-order valence-corrected chi connectivity index (χ4v) is 3.47. The minimum Gasteiger partial charge on any atom is -0.379 e. The van der Waals surface area contributed by atoms with Crippen LogP contribution in [0.5, 0.6) is 0 Å². The minimum atomic E-state index is -0.235. The van der Waals surface area contributed by atoms with Gasteiger partial charge in [0.05, 0.1) is 31.6 Å². The first-order valence-corrected chi connectivity index (χ1v) is 9.24. The number of halogens is 1. The van der Waals surface area contributed by atoms with E-state index >= 15 is 0 Å². The third-order valence-corrected chi connectivity index (χ3v) is 4.79. The summed E-state index contributed by atoms with van der Waals surface area (Å²) < 4.78 is 26.2. The third-order valence-electron chi connectivity index (χ3n) is 4.79. The quantitative estimate of drug-likeness (QED) is 0.664. The second kappa shape index (κ2) is 8.59. The standard InChI is InChI=1S/C19H23FN6O2/c1-27-12-16-10-18(26-19(24-16)22-13-23-26)21-11-17(25-5-7-28-8-6-25)14-3-2-4-15(20)9-14/h2-4,9-10,13,17,21H,5-8,11-12H2,1H3. The molecule has 1 saturated heterocycles. The first-order valence-electron chi connectivity index (χ1n) is 9.24.